The smallest absolute Gasteiger partial charge is 0.273 e. The number of amides is 1. The quantitative estimate of drug-likeness (QED) is 0.566. The highest BCUT2D eigenvalue weighted by atomic mass is 35.5. The van der Waals surface area contributed by atoms with E-state index in [2.05, 4.69) is 15.6 Å². The van der Waals surface area contributed by atoms with Crippen LogP contribution in [0, 0.1) is 0 Å². The molecule has 0 fully saturated rings. The Bertz CT molecular complexity index is 602. The largest absolute Gasteiger partial charge is 0.351 e. The highest BCUT2D eigenvalue weighted by Gasteiger charge is 2.09. The summed E-state index contributed by atoms with van der Waals surface area (Å²) in [5.41, 5.74) is 5.74. The number of hydrogen-bond donors (Lipinski definition) is 2. The number of carbonyl (C=O) groups is 1. The van der Waals surface area contributed by atoms with Crippen LogP contribution in [0.3, 0.4) is 0 Å². The first-order valence-corrected chi connectivity index (χ1v) is 8.32. The molecule has 3 N–H and O–H groups in total. The van der Waals surface area contributed by atoms with Gasteiger partial charge in [-0.1, -0.05) is 16.8 Å². The van der Waals surface area contributed by atoms with Crippen LogP contribution in [0.15, 0.2) is 35.4 Å². The van der Waals surface area contributed by atoms with Crippen LogP contribution in [0.25, 0.3) is 0 Å². The number of rotatable bonds is 8. The SMILES string of the molecule is NCCn1cc(C(=O)NCCCSc2ccc(Cl)cc2)nn1. The second kappa shape index (κ2) is 8.77. The minimum atomic E-state index is -0.209. The Hall–Kier alpha value is -1.57. The van der Waals surface area contributed by atoms with Crippen molar-refractivity contribution in [3.05, 3.63) is 41.2 Å². The number of aromatic nitrogens is 3. The summed E-state index contributed by atoms with van der Waals surface area (Å²) >= 11 is 7.56. The minimum absolute atomic E-state index is 0.209. The van der Waals surface area contributed by atoms with E-state index in [9.17, 15) is 4.79 Å². The van der Waals surface area contributed by atoms with E-state index in [1.807, 2.05) is 24.3 Å². The van der Waals surface area contributed by atoms with Crippen molar-refractivity contribution in [2.75, 3.05) is 18.8 Å². The normalized spacial score (nSPS) is 10.6. The number of hydrogen-bond acceptors (Lipinski definition) is 5. The van der Waals surface area contributed by atoms with Crippen molar-refractivity contribution < 1.29 is 4.79 Å². The van der Waals surface area contributed by atoms with Crippen LogP contribution < -0.4 is 11.1 Å². The van der Waals surface area contributed by atoms with Crippen LogP contribution in [0.1, 0.15) is 16.9 Å². The van der Waals surface area contributed by atoms with Crippen LogP contribution in [0.2, 0.25) is 5.02 Å². The lowest BCUT2D eigenvalue weighted by Crippen LogP contribution is -2.25. The molecule has 22 heavy (non-hydrogen) atoms. The Morgan fingerprint density at radius 3 is 2.86 bits per heavy atom. The maximum atomic E-state index is 11.9. The van der Waals surface area contributed by atoms with Gasteiger partial charge in [-0.3, -0.25) is 9.48 Å². The van der Waals surface area contributed by atoms with Gasteiger partial charge in [0.2, 0.25) is 0 Å². The molecule has 8 heteroatoms. The van der Waals surface area contributed by atoms with E-state index in [0.29, 0.717) is 25.3 Å². The second-order valence-corrected chi connectivity index (χ2v) is 6.17. The number of nitrogens with two attached hydrogens (primary N) is 1. The fourth-order valence-electron chi connectivity index (χ4n) is 1.73. The number of halogens is 1. The van der Waals surface area contributed by atoms with Crippen molar-refractivity contribution in [2.45, 2.75) is 17.9 Å². The molecule has 0 aliphatic heterocycles. The fourth-order valence-corrected chi connectivity index (χ4v) is 2.71. The number of nitrogens with zero attached hydrogens (tertiary/aromatic N) is 3. The lowest BCUT2D eigenvalue weighted by atomic mass is 10.4. The monoisotopic (exact) mass is 339 g/mol. The van der Waals surface area contributed by atoms with Crippen LogP contribution in [-0.4, -0.2) is 39.7 Å². The molecule has 0 aliphatic carbocycles. The molecule has 0 spiro atoms. The molecule has 0 saturated heterocycles. The van der Waals surface area contributed by atoms with Gasteiger partial charge >= 0.3 is 0 Å². The predicted molar refractivity (Wildman–Crippen MR) is 88.2 cm³/mol. The molecule has 0 unspecified atom stereocenters. The Kier molecular flexibility index (Phi) is 6.70. The molecule has 0 saturated carbocycles. The summed E-state index contributed by atoms with van der Waals surface area (Å²) in [5, 5.41) is 11.2. The van der Waals surface area contributed by atoms with Crippen molar-refractivity contribution in [2.24, 2.45) is 5.73 Å². The van der Waals surface area contributed by atoms with Gasteiger partial charge in [-0.15, -0.1) is 16.9 Å². The minimum Gasteiger partial charge on any atom is -0.351 e. The van der Waals surface area contributed by atoms with E-state index < -0.39 is 0 Å². The molecule has 1 heterocycles. The van der Waals surface area contributed by atoms with Crippen LogP contribution in [0.4, 0.5) is 0 Å². The maximum absolute atomic E-state index is 11.9. The van der Waals surface area contributed by atoms with Gasteiger partial charge in [0.25, 0.3) is 5.91 Å². The van der Waals surface area contributed by atoms with Crippen molar-refractivity contribution in [1.82, 2.24) is 20.3 Å². The van der Waals surface area contributed by atoms with Gasteiger partial charge in [0, 0.05) is 23.0 Å². The predicted octanol–water partition coefficient (Wildman–Crippen LogP) is 1.80. The van der Waals surface area contributed by atoms with Gasteiger partial charge in [0.05, 0.1) is 12.7 Å². The van der Waals surface area contributed by atoms with E-state index in [4.69, 9.17) is 17.3 Å². The van der Waals surface area contributed by atoms with Crippen LogP contribution in [-0.2, 0) is 6.54 Å². The molecular formula is C14H18ClN5OS. The van der Waals surface area contributed by atoms with E-state index in [-0.39, 0.29) is 5.91 Å². The van der Waals surface area contributed by atoms with Gasteiger partial charge in [-0.2, -0.15) is 0 Å². The van der Waals surface area contributed by atoms with Gasteiger partial charge < -0.3 is 11.1 Å². The fraction of sp³-hybridized carbons (Fsp3) is 0.357. The molecule has 0 bridgehead atoms. The first kappa shape index (κ1) is 16.8. The summed E-state index contributed by atoms with van der Waals surface area (Å²) in [6.45, 7) is 1.62. The molecule has 1 aromatic heterocycles. The van der Waals surface area contributed by atoms with Crippen LogP contribution >= 0.6 is 23.4 Å². The summed E-state index contributed by atoms with van der Waals surface area (Å²) in [5.74, 6) is 0.710. The Morgan fingerprint density at radius 2 is 2.14 bits per heavy atom. The third-order valence-corrected chi connectivity index (χ3v) is 4.17. The zero-order valence-corrected chi connectivity index (χ0v) is 13.6. The lowest BCUT2D eigenvalue weighted by Gasteiger charge is -2.03. The highest BCUT2D eigenvalue weighted by molar-refractivity contribution is 7.99. The van der Waals surface area contributed by atoms with Gasteiger partial charge in [-0.05, 0) is 36.4 Å². The molecule has 6 nitrogen and oxygen atoms in total. The summed E-state index contributed by atoms with van der Waals surface area (Å²) in [6, 6.07) is 7.72. The maximum Gasteiger partial charge on any atom is 0.273 e. The average Bonchev–Trinajstić information content (AvgIpc) is 2.98. The first-order chi connectivity index (χ1) is 10.7. The Labute approximate surface area is 138 Å². The third kappa shape index (κ3) is 5.32. The zero-order valence-electron chi connectivity index (χ0n) is 12.0. The topological polar surface area (TPSA) is 85.8 Å². The molecule has 2 aromatic rings. The molecule has 0 radical (unpaired) electrons. The average molecular weight is 340 g/mol. The highest BCUT2D eigenvalue weighted by Crippen LogP contribution is 2.20. The number of nitrogens with one attached hydrogen (secondary N) is 1. The van der Waals surface area contributed by atoms with E-state index >= 15 is 0 Å². The van der Waals surface area contributed by atoms with Crippen molar-refractivity contribution >= 4 is 29.3 Å². The van der Waals surface area contributed by atoms with Crippen molar-refractivity contribution in [3.63, 3.8) is 0 Å². The molecule has 0 aliphatic rings. The van der Waals surface area contributed by atoms with E-state index in [0.717, 1.165) is 17.2 Å². The van der Waals surface area contributed by atoms with E-state index in [1.165, 1.54) is 4.90 Å². The first-order valence-electron chi connectivity index (χ1n) is 6.96. The standard InChI is InChI=1S/C14H18ClN5OS/c15-11-2-4-12(5-3-11)22-9-1-7-17-14(21)13-10-20(8-6-16)19-18-13/h2-5,10H,1,6-9,16H2,(H,17,21). The number of thioether (sulfide) groups is 1. The second-order valence-electron chi connectivity index (χ2n) is 4.57. The molecule has 2 rings (SSSR count). The van der Waals surface area contributed by atoms with Crippen molar-refractivity contribution in [1.29, 1.82) is 0 Å². The molecular weight excluding hydrogens is 322 g/mol. The summed E-state index contributed by atoms with van der Waals surface area (Å²) in [6.07, 6.45) is 2.47. The Morgan fingerprint density at radius 1 is 1.36 bits per heavy atom. The number of carbonyl (C=O) groups excluding carboxylic acids is 1. The third-order valence-electron chi connectivity index (χ3n) is 2.82. The van der Waals surface area contributed by atoms with Gasteiger partial charge in [0.1, 0.15) is 0 Å². The summed E-state index contributed by atoms with van der Waals surface area (Å²) < 4.78 is 1.56. The molecule has 118 valence electrons. The zero-order chi connectivity index (χ0) is 15.8. The lowest BCUT2D eigenvalue weighted by molar-refractivity contribution is 0.0948. The van der Waals surface area contributed by atoms with Crippen LogP contribution in [0.5, 0.6) is 0 Å². The Balaban J connectivity index is 1.65. The summed E-state index contributed by atoms with van der Waals surface area (Å²) in [4.78, 5) is 13.0. The number of benzene rings is 1. The van der Waals surface area contributed by atoms with E-state index in [1.54, 1.807) is 22.6 Å². The summed E-state index contributed by atoms with van der Waals surface area (Å²) in [7, 11) is 0. The van der Waals surface area contributed by atoms with Crippen molar-refractivity contribution in [3.8, 4) is 0 Å². The van der Waals surface area contributed by atoms with Gasteiger partial charge in [0.15, 0.2) is 5.69 Å². The molecule has 1 amide bonds. The van der Waals surface area contributed by atoms with Gasteiger partial charge in [-0.25, -0.2) is 0 Å². The molecule has 1 aromatic carbocycles. The molecule has 0 atom stereocenters.